The molecule has 2 aromatic rings. The molecule has 1 N–H and O–H groups in total. The quantitative estimate of drug-likeness (QED) is 0.799. The molecule has 0 bridgehead atoms. The zero-order valence-electron chi connectivity index (χ0n) is 14.0. The van der Waals surface area contributed by atoms with Crippen LogP contribution in [0.5, 0.6) is 0 Å². The highest BCUT2D eigenvalue weighted by atomic mass is 35.5. The summed E-state index contributed by atoms with van der Waals surface area (Å²) in [6.07, 6.45) is 1.12. The Morgan fingerprint density at radius 3 is 2.42 bits per heavy atom. The van der Waals surface area contributed by atoms with Crippen molar-refractivity contribution in [3.63, 3.8) is 0 Å². The van der Waals surface area contributed by atoms with Gasteiger partial charge in [0.05, 0.1) is 11.9 Å². The lowest BCUT2D eigenvalue weighted by atomic mass is 10.1. The first kappa shape index (κ1) is 20.1. The molecule has 140 valence electrons. The summed E-state index contributed by atoms with van der Waals surface area (Å²) in [6.45, 7) is 1.64. The van der Waals surface area contributed by atoms with Crippen molar-refractivity contribution in [3.8, 4) is 0 Å². The largest absolute Gasteiger partial charge is 0.324 e. The normalized spacial score (nSPS) is 12.5. The summed E-state index contributed by atoms with van der Waals surface area (Å²) in [6, 6.07) is 7.87. The van der Waals surface area contributed by atoms with Gasteiger partial charge in [0.2, 0.25) is 15.9 Å². The number of nitrogens with one attached hydrogen (secondary N) is 1. The number of anilines is 2. The van der Waals surface area contributed by atoms with E-state index in [4.69, 9.17) is 11.6 Å². The number of benzene rings is 2. The van der Waals surface area contributed by atoms with Crippen LogP contribution in [0.3, 0.4) is 0 Å². The molecule has 0 spiro atoms. The molecule has 0 saturated heterocycles. The van der Waals surface area contributed by atoms with Gasteiger partial charge in [0.15, 0.2) is 11.6 Å². The van der Waals surface area contributed by atoms with Gasteiger partial charge in [-0.25, -0.2) is 17.2 Å². The van der Waals surface area contributed by atoms with Crippen LogP contribution < -0.4 is 9.62 Å². The first-order chi connectivity index (χ1) is 12.1. The predicted octanol–water partition coefficient (Wildman–Crippen LogP) is 3.80. The maximum atomic E-state index is 13.3. The average molecular weight is 403 g/mol. The number of hydrogen-bond donors (Lipinski definition) is 1. The van der Waals surface area contributed by atoms with Crippen LogP contribution in [-0.2, 0) is 14.8 Å². The summed E-state index contributed by atoms with van der Waals surface area (Å²) in [7, 11) is -3.82. The molecular formula is C17H17ClF2N2O3S. The van der Waals surface area contributed by atoms with Crippen molar-refractivity contribution < 1.29 is 22.0 Å². The van der Waals surface area contributed by atoms with Crippen LogP contribution in [0, 0.1) is 11.6 Å². The van der Waals surface area contributed by atoms with Crippen molar-refractivity contribution in [2.45, 2.75) is 19.4 Å². The maximum Gasteiger partial charge on any atom is 0.248 e. The summed E-state index contributed by atoms with van der Waals surface area (Å²) in [5.41, 5.74) is 0.249. The zero-order valence-corrected chi connectivity index (χ0v) is 15.6. The standard InChI is InChI=1S/C17H17ClF2N2O3S/c1-3-16(17(23)21-12-7-8-14(19)15(20)10-12)22(26(2,24)25)13-6-4-5-11(18)9-13/h4-10,16H,3H2,1-2H3,(H,21,23)/t16-/m0/s1. The minimum Gasteiger partial charge on any atom is -0.324 e. The molecule has 0 heterocycles. The lowest BCUT2D eigenvalue weighted by Crippen LogP contribution is -2.47. The third-order valence-electron chi connectivity index (χ3n) is 3.58. The number of carbonyl (C=O) groups is 1. The lowest BCUT2D eigenvalue weighted by Gasteiger charge is -2.30. The van der Waals surface area contributed by atoms with Crippen LogP contribution >= 0.6 is 11.6 Å². The molecule has 0 aliphatic heterocycles. The van der Waals surface area contributed by atoms with E-state index in [1.54, 1.807) is 19.1 Å². The molecule has 26 heavy (non-hydrogen) atoms. The van der Waals surface area contributed by atoms with E-state index in [-0.39, 0.29) is 17.8 Å². The maximum absolute atomic E-state index is 13.3. The molecule has 0 aromatic heterocycles. The summed E-state index contributed by atoms with van der Waals surface area (Å²) >= 11 is 5.93. The van der Waals surface area contributed by atoms with Crippen molar-refractivity contribution in [1.29, 1.82) is 0 Å². The number of sulfonamides is 1. The van der Waals surface area contributed by atoms with E-state index in [1.807, 2.05) is 0 Å². The number of halogens is 3. The van der Waals surface area contributed by atoms with Crippen molar-refractivity contribution >= 4 is 38.9 Å². The molecule has 9 heteroatoms. The third-order valence-corrected chi connectivity index (χ3v) is 4.99. The van der Waals surface area contributed by atoms with Crippen LogP contribution in [0.25, 0.3) is 0 Å². The Morgan fingerprint density at radius 1 is 1.19 bits per heavy atom. The Kier molecular flexibility index (Phi) is 6.20. The zero-order chi connectivity index (χ0) is 19.5. The summed E-state index contributed by atoms with van der Waals surface area (Å²) in [5, 5.41) is 2.73. The molecule has 1 amide bonds. The van der Waals surface area contributed by atoms with Crippen LogP contribution in [-0.4, -0.2) is 26.6 Å². The van der Waals surface area contributed by atoms with Crippen molar-refractivity contribution in [1.82, 2.24) is 0 Å². The molecule has 0 aliphatic rings. The van der Waals surface area contributed by atoms with Gasteiger partial charge in [-0.2, -0.15) is 0 Å². The number of rotatable bonds is 6. The molecule has 0 aliphatic carbocycles. The second-order valence-electron chi connectivity index (χ2n) is 5.58. The number of carbonyl (C=O) groups excluding carboxylic acids is 1. The highest BCUT2D eigenvalue weighted by molar-refractivity contribution is 7.92. The van der Waals surface area contributed by atoms with Crippen molar-refractivity contribution in [3.05, 3.63) is 59.1 Å². The van der Waals surface area contributed by atoms with Crippen LogP contribution in [0.15, 0.2) is 42.5 Å². The minimum absolute atomic E-state index is 0.0203. The average Bonchev–Trinajstić information content (AvgIpc) is 2.54. The van der Waals surface area contributed by atoms with Gasteiger partial charge in [0, 0.05) is 16.8 Å². The second kappa shape index (κ2) is 8.01. The minimum atomic E-state index is -3.82. The van der Waals surface area contributed by atoms with E-state index in [0.717, 1.165) is 22.7 Å². The fraction of sp³-hybridized carbons (Fsp3) is 0.235. The molecule has 0 saturated carbocycles. The third kappa shape index (κ3) is 4.70. The lowest BCUT2D eigenvalue weighted by molar-refractivity contribution is -0.117. The van der Waals surface area contributed by atoms with E-state index in [2.05, 4.69) is 5.32 Å². The highest BCUT2D eigenvalue weighted by Crippen LogP contribution is 2.26. The molecule has 2 aromatic carbocycles. The monoisotopic (exact) mass is 402 g/mol. The smallest absolute Gasteiger partial charge is 0.248 e. The van der Waals surface area contributed by atoms with Gasteiger partial charge in [-0.3, -0.25) is 9.10 Å². The molecule has 5 nitrogen and oxygen atoms in total. The molecule has 2 rings (SSSR count). The first-order valence-electron chi connectivity index (χ1n) is 7.64. The Balaban J connectivity index is 2.38. The van der Waals surface area contributed by atoms with Gasteiger partial charge >= 0.3 is 0 Å². The van der Waals surface area contributed by atoms with Crippen LogP contribution in [0.1, 0.15) is 13.3 Å². The SMILES string of the molecule is CC[C@@H](C(=O)Nc1ccc(F)c(F)c1)N(c1cccc(Cl)c1)S(C)(=O)=O. The Morgan fingerprint density at radius 2 is 1.88 bits per heavy atom. The van der Waals surface area contributed by atoms with Gasteiger partial charge in [0.1, 0.15) is 6.04 Å². The fourth-order valence-electron chi connectivity index (χ4n) is 2.47. The molecular weight excluding hydrogens is 386 g/mol. The van der Waals surface area contributed by atoms with Gasteiger partial charge in [-0.1, -0.05) is 24.6 Å². The number of hydrogen-bond acceptors (Lipinski definition) is 3. The van der Waals surface area contributed by atoms with Gasteiger partial charge in [-0.15, -0.1) is 0 Å². The Hall–Kier alpha value is -2.19. The Bertz CT molecular complexity index is 922. The van der Waals surface area contributed by atoms with Gasteiger partial charge in [0.25, 0.3) is 0 Å². The van der Waals surface area contributed by atoms with E-state index in [9.17, 15) is 22.0 Å². The topological polar surface area (TPSA) is 66.5 Å². The van der Waals surface area contributed by atoms with E-state index in [0.29, 0.717) is 5.02 Å². The molecule has 1 atom stereocenters. The molecule has 0 radical (unpaired) electrons. The summed E-state index contributed by atoms with van der Waals surface area (Å²) < 4.78 is 51.9. The number of amides is 1. The molecule has 0 fully saturated rings. The van der Waals surface area contributed by atoms with Crippen molar-refractivity contribution in [2.24, 2.45) is 0 Å². The van der Waals surface area contributed by atoms with Gasteiger partial charge < -0.3 is 5.32 Å². The number of nitrogens with zero attached hydrogens (tertiary/aromatic N) is 1. The van der Waals surface area contributed by atoms with E-state index >= 15 is 0 Å². The summed E-state index contributed by atoms with van der Waals surface area (Å²) in [4.78, 5) is 12.6. The van der Waals surface area contributed by atoms with Crippen LogP contribution in [0.4, 0.5) is 20.2 Å². The van der Waals surface area contributed by atoms with E-state index in [1.165, 1.54) is 18.2 Å². The second-order valence-corrected chi connectivity index (χ2v) is 7.88. The first-order valence-corrected chi connectivity index (χ1v) is 9.87. The summed E-state index contributed by atoms with van der Waals surface area (Å²) in [5.74, 6) is -2.85. The van der Waals surface area contributed by atoms with E-state index < -0.39 is 33.6 Å². The Labute approximate surface area is 155 Å². The van der Waals surface area contributed by atoms with Crippen LogP contribution in [0.2, 0.25) is 5.02 Å². The predicted molar refractivity (Wildman–Crippen MR) is 97.8 cm³/mol. The highest BCUT2D eigenvalue weighted by Gasteiger charge is 2.31. The fourth-order valence-corrected chi connectivity index (χ4v) is 3.86. The van der Waals surface area contributed by atoms with Crippen molar-refractivity contribution in [2.75, 3.05) is 15.9 Å². The van der Waals surface area contributed by atoms with Gasteiger partial charge in [-0.05, 0) is 36.8 Å². The molecule has 0 unspecified atom stereocenters.